The average molecular weight is 328 g/mol. The molecule has 2 aromatic rings. The molecular weight excluding hydrogens is 313 g/mol. The van der Waals surface area contributed by atoms with Gasteiger partial charge in [-0.3, -0.25) is 4.68 Å². The van der Waals surface area contributed by atoms with Gasteiger partial charge in [-0.1, -0.05) is 29.3 Å². The Bertz CT molecular complexity index is 683. The van der Waals surface area contributed by atoms with E-state index in [-0.39, 0.29) is 5.56 Å². The standard InChI is InChI=1S/C14H15Cl2N3O2/c1-8-12(14(20)21)13(19(2)18-8)17-6-5-9-3-4-10(15)7-11(9)16/h3-4,7,17H,5-6H2,1-2H3,(H,20,21). The maximum atomic E-state index is 11.3. The third-order valence-electron chi connectivity index (χ3n) is 3.14. The molecule has 0 unspecified atom stereocenters. The number of hydrogen-bond donors (Lipinski definition) is 2. The Balaban J connectivity index is 2.09. The molecule has 0 bridgehead atoms. The molecule has 0 atom stereocenters. The molecule has 0 saturated carbocycles. The summed E-state index contributed by atoms with van der Waals surface area (Å²) < 4.78 is 1.53. The maximum absolute atomic E-state index is 11.3. The SMILES string of the molecule is Cc1nn(C)c(NCCc2ccc(Cl)cc2Cl)c1C(=O)O. The molecule has 0 aliphatic rings. The molecule has 1 aromatic heterocycles. The van der Waals surface area contributed by atoms with Crippen LogP contribution in [-0.2, 0) is 13.5 Å². The van der Waals surface area contributed by atoms with Gasteiger partial charge >= 0.3 is 5.97 Å². The zero-order valence-electron chi connectivity index (χ0n) is 11.7. The van der Waals surface area contributed by atoms with Crippen LogP contribution in [0, 0.1) is 6.92 Å². The lowest BCUT2D eigenvalue weighted by Crippen LogP contribution is -2.12. The van der Waals surface area contributed by atoms with E-state index in [9.17, 15) is 9.90 Å². The van der Waals surface area contributed by atoms with Crippen molar-refractivity contribution in [2.45, 2.75) is 13.3 Å². The van der Waals surface area contributed by atoms with Crippen molar-refractivity contribution in [1.29, 1.82) is 0 Å². The van der Waals surface area contributed by atoms with Gasteiger partial charge in [0.1, 0.15) is 11.4 Å². The Kier molecular flexibility index (Phi) is 4.75. The Morgan fingerprint density at radius 2 is 2.14 bits per heavy atom. The van der Waals surface area contributed by atoms with Crippen molar-refractivity contribution < 1.29 is 9.90 Å². The number of nitrogens with zero attached hydrogens (tertiary/aromatic N) is 2. The fourth-order valence-corrected chi connectivity index (χ4v) is 2.66. The van der Waals surface area contributed by atoms with Crippen LogP contribution in [0.1, 0.15) is 21.6 Å². The van der Waals surface area contributed by atoms with Gasteiger partial charge in [-0.05, 0) is 31.0 Å². The quantitative estimate of drug-likeness (QED) is 0.883. The largest absolute Gasteiger partial charge is 0.477 e. The lowest BCUT2D eigenvalue weighted by molar-refractivity contribution is 0.0697. The fraction of sp³-hybridized carbons (Fsp3) is 0.286. The van der Waals surface area contributed by atoms with Gasteiger partial charge in [-0.25, -0.2) is 4.79 Å². The van der Waals surface area contributed by atoms with E-state index in [1.165, 1.54) is 4.68 Å². The average Bonchev–Trinajstić information content (AvgIpc) is 2.66. The summed E-state index contributed by atoms with van der Waals surface area (Å²) in [7, 11) is 1.71. The van der Waals surface area contributed by atoms with Crippen molar-refractivity contribution >= 4 is 35.0 Å². The molecule has 2 N–H and O–H groups in total. The molecule has 0 amide bonds. The fourth-order valence-electron chi connectivity index (χ4n) is 2.16. The highest BCUT2D eigenvalue weighted by Crippen LogP contribution is 2.22. The molecule has 1 heterocycles. The molecule has 1 aromatic carbocycles. The van der Waals surface area contributed by atoms with Gasteiger partial charge in [-0.15, -0.1) is 0 Å². The summed E-state index contributed by atoms with van der Waals surface area (Å²) in [6.07, 6.45) is 0.652. The monoisotopic (exact) mass is 327 g/mol. The molecule has 5 nitrogen and oxygen atoms in total. The number of carbonyl (C=O) groups is 1. The second-order valence-electron chi connectivity index (χ2n) is 4.65. The van der Waals surface area contributed by atoms with Crippen LogP contribution in [0.5, 0.6) is 0 Å². The number of carboxylic acids is 1. The lowest BCUT2D eigenvalue weighted by atomic mass is 10.1. The van der Waals surface area contributed by atoms with Gasteiger partial charge in [-0.2, -0.15) is 5.10 Å². The van der Waals surface area contributed by atoms with Gasteiger partial charge in [0.2, 0.25) is 0 Å². The number of hydrogen-bond acceptors (Lipinski definition) is 3. The second kappa shape index (κ2) is 6.37. The van der Waals surface area contributed by atoms with E-state index in [1.807, 2.05) is 6.07 Å². The topological polar surface area (TPSA) is 67.2 Å². The first-order chi connectivity index (χ1) is 9.90. The van der Waals surface area contributed by atoms with E-state index in [4.69, 9.17) is 23.2 Å². The molecule has 0 spiro atoms. The molecule has 0 aliphatic heterocycles. The summed E-state index contributed by atoms with van der Waals surface area (Å²) >= 11 is 12.0. The predicted octanol–water partition coefficient (Wildman–Crippen LogP) is 3.39. The first-order valence-electron chi connectivity index (χ1n) is 6.35. The summed E-state index contributed by atoms with van der Waals surface area (Å²) in [4.78, 5) is 11.3. The molecule has 7 heteroatoms. The second-order valence-corrected chi connectivity index (χ2v) is 5.49. The van der Waals surface area contributed by atoms with Crippen molar-refractivity contribution in [3.05, 3.63) is 45.1 Å². The van der Waals surface area contributed by atoms with Crippen LogP contribution < -0.4 is 5.32 Å². The summed E-state index contributed by atoms with van der Waals surface area (Å²) in [6, 6.07) is 5.33. The van der Waals surface area contributed by atoms with E-state index in [0.29, 0.717) is 34.5 Å². The highest BCUT2D eigenvalue weighted by molar-refractivity contribution is 6.35. The van der Waals surface area contributed by atoms with Crippen molar-refractivity contribution in [1.82, 2.24) is 9.78 Å². The number of benzene rings is 1. The van der Waals surface area contributed by atoms with Crippen molar-refractivity contribution in [2.24, 2.45) is 7.05 Å². The number of carboxylic acid groups (broad SMARTS) is 1. The Hall–Kier alpha value is -1.72. The molecule has 2 rings (SSSR count). The normalized spacial score (nSPS) is 10.7. The smallest absolute Gasteiger partial charge is 0.341 e. The number of nitrogens with one attached hydrogen (secondary N) is 1. The minimum Gasteiger partial charge on any atom is -0.477 e. The van der Waals surface area contributed by atoms with Crippen LogP contribution in [0.15, 0.2) is 18.2 Å². The molecule has 21 heavy (non-hydrogen) atoms. The predicted molar refractivity (Wildman–Crippen MR) is 83.6 cm³/mol. The zero-order chi connectivity index (χ0) is 15.6. The molecule has 112 valence electrons. The van der Waals surface area contributed by atoms with E-state index in [2.05, 4.69) is 10.4 Å². The highest BCUT2D eigenvalue weighted by Gasteiger charge is 2.19. The van der Waals surface area contributed by atoms with Gasteiger partial charge < -0.3 is 10.4 Å². The number of aryl methyl sites for hydroxylation is 2. The van der Waals surface area contributed by atoms with Crippen molar-refractivity contribution in [2.75, 3.05) is 11.9 Å². The third-order valence-corrected chi connectivity index (χ3v) is 3.72. The van der Waals surface area contributed by atoms with E-state index < -0.39 is 5.97 Å². The maximum Gasteiger partial charge on any atom is 0.341 e. The van der Waals surface area contributed by atoms with Crippen LogP contribution in [0.3, 0.4) is 0 Å². The molecule has 0 fully saturated rings. The highest BCUT2D eigenvalue weighted by atomic mass is 35.5. The molecular formula is C14H15Cl2N3O2. The number of anilines is 1. The van der Waals surface area contributed by atoms with E-state index in [0.717, 1.165) is 5.56 Å². The first kappa shape index (κ1) is 15.7. The zero-order valence-corrected chi connectivity index (χ0v) is 13.2. The summed E-state index contributed by atoms with van der Waals surface area (Å²) in [5, 5.41) is 17.6. The van der Waals surface area contributed by atoms with E-state index >= 15 is 0 Å². The van der Waals surface area contributed by atoms with Gasteiger partial charge in [0.05, 0.1) is 5.69 Å². The molecule has 0 saturated heterocycles. The van der Waals surface area contributed by atoms with Crippen molar-refractivity contribution in [3.8, 4) is 0 Å². The third kappa shape index (κ3) is 3.49. The van der Waals surface area contributed by atoms with Gasteiger partial charge in [0.25, 0.3) is 0 Å². The Morgan fingerprint density at radius 3 is 2.76 bits per heavy atom. The minimum absolute atomic E-state index is 0.194. The lowest BCUT2D eigenvalue weighted by Gasteiger charge is -2.09. The van der Waals surface area contributed by atoms with Gasteiger partial charge in [0.15, 0.2) is 0 Å². The van der Waals surface area contributed by atoms with Crippen LogP contribution >= 0.6 is 23.2 Å². The Morgan fingerprint density at radius 1 is 1.43 bits per heavy atom. The van der Waals surface area contributed by atoms with E-state index in [1.54, 1.807) is 26.1 Å². The van der Waals surface area contributed by atoms with Crippen LogP contribution in [0.25, 0.3) is 0 Å². The Labute approximate surface area is 132 Å². The van der Waals surface area contributed by atoms with Crippen molar-refractivity contribution in [3.63, 3.8) is 0 Å². The number of rotatable bonds is 5. The van der Waals surface area contributed by atoms with Gasteiger partial charge in [0, 0.05) is 23.6 Å². The van der Waals surface area contributed by atoms with Crippen LogP contribution in [0.2, 0.25) is 10.0 Å². The number of aromatic carboxylic acids is 1. The molecule has 0 radical (unpaired) electrons. The molecule has 0 aliphatic carbocycles. The van der Waals surface area contributed by atoms with Crippen LogP contribution in [-0.4, -0.2) is 27.4 Å². The van der Waals surface area contributed by atoms with Crippen LogP contribution in [0.4, 0.5) is 5.82 Å². The minimum atomic E-state index is -0.993. The number of aromatic nitrogens is 2. The summed E-state index contributed by atoms with van der Waals surface area (Å²) in [6.45, 7) is 2.21. The summed E-state index contributed by atoms with van der Waals surface area (Å²) in [5.41, 5.74) is 1.63. The first-order valence-corrected chi connectivity index (χ1v) is 7.10. The number of halogens is 2. The summed E-state index contributed by atoms with van der Waals surface area (Å²) in [5.74, 6) is -0.502.